The van der Waals surface area contributed by atoms with Crippen molar-refractivity contribution in [3.8, 4) is 5.88 Å². The fraction of sp³-hybridized carbons (Fsp3) is 0.567. The molecule has 2 fully saturated rings. The lowest BCUT2D eigenvalue weighted by Crippen LogP contribution is -2.45. The van der Waals surface area contributed by atoms with Crippen LogP contribution in [-0.4, -0.2) is 103 Å². The first-order valence-corrected chi connectivity index (χ1v) is 18.5. The molecular formula is C30H43F3N4O10S2. The van der Waals surface area contributed by atoms with E-state index in [1.807, 2.05) is 6.07 Å². The third kappa shape index (κ3) is 14.6. The molecule has 1 saturated heterocycles. The van der Waals surface area contributed by atoms with E-state index >= 15 is 0 Å². The van der Waals surface area contributed by atoms with E-state index < -0.39 is 49.4 Å². The van der Waals surface area contributed by atoms with E-state index in [4.69, 9.17) is 13.8 Å². The lowest BCUT2D eigenvalue weighted by atomic mass is 9.78. The molecule has 2 aromatic rings. The van der Waals surface area contributed by atoms with Crippen LogP contribution in [0.15, 0.2) is 42.6 Å². The number of pyridine rings is 1. The minimum atomic E-state index is -4.55. The number of methoxy groups -OCH3 is 1. The van der Waals surface area contributed by atoms with Crippen molar-refractivity contribution in [3.05, 3.63) is 59.3 Å². The molecule has 0 radical (unpaired) electrons. The number of hydrogen-bond acceptors (Lipinski definition) is 10. The van der Waals surface area contributed by atoms with E-state index in [0.717, 1.165) is 49.6 Å². The van der Waals surface area contributed by atoms with Crippen molar-refractivity contribution in [2.24, 2.45) is 0 Å². The number of benzene rings is 1. The Morgan fingerprint density at radius 2 is 1.61 bits per heavy atom. The minimum Gasteiger partial charge on any atom is -0.481 e. The van der Waals surface area contributed by atoms with E-state index in [1.54, 1.807) is 19.4 Å². The van der Waals surface area contributed by atoms with Crippen molar-refractivity contribution in [1.82, 2.24) is 20.5 Å². The lowest BCUT2D eigenvalue weighted by molar-refractivity contribution is -0.137. The number of aliphatic hydroxyl groups is 1. The van der Waals surface area contributed by atoms with Gasteiger partial charge in [0.1, 0.15) is 0 Å². The Labute approximate surface area is 283 Å². The van der Waals surface area contributed by atoms with Crippen LogP contribution < -0.4 is 15.4 Å². The van der Waals surface area contributed by atoms with Crippen LogP contribution in [0, 0.1) is 0 Å². The van der Waals surface area contributed by atoms with E-state index in [0.29, 0.717) is 31.3 Å². The maximum Gasteiger partial charge on any atom is 0.416 e. The Balaban J connectivity index is 0.000000594. The molecule has 49 heavy (non-hydrogen) atoms. The van der Waals surface area contributed by atoms with Gasteiger partial charge in [0.2, 0.25) is 11.8 Å². The molecule has 2 heterocycles. The Morgan fingerprint density at radius 3 is 2.10 bits per heavy atom. The Kier molecular flexibility index (Phi) is 15.4. The predicted molar refractivity (Wildman–Crippen MR) is 173 cm³/mol. The van der Waals surface area contributed by atoms with Crippen LogP contribution in [0.3, 0.4) is 0 Å². The third-order valence-corrected chi connectivity index (χ3v) is 9.42. The molecule has 1 aliphatic carbocycles. The van der Waals surface area contributed by atoms with Crippen LogP contribution in [0.1, 0.15) is 67.4 Å². The number of carbonyl (C=O) groups is 2. The summed E-state index contributed by atoms with van der Waals surface area (Å²) in [7, 11) is -5.78. The second kappa shape index (κ2) is 18.0. The monoisotopic (exact) mass is 740 g/mol. The smallest absolute Gasteiger partial charge is 0.416 e. The number of halogens is 3. The summed E-state index contributed by atoms with van der Waals surface area (Å²) in [6.45, 7) is 3.90. The van der Waals surface area contributed by atoms with Gasteiger partial charge in [0.25, 0.3) is 26.1 Å². The average Bonchev–Trinajstić information content (AvgIpc) is 3.51. The lowest BCUT2D eigenvalue weighted by Gasteiger charge is -2.39. The highest BCUT2D eigenvalue weighted by atomic mass is 32.2. The van der Waals surface area contributed by atoms with Gasteiger partial charge in [-0.25, -0.2) is 4.98 Å². The molecule has 0 bridgehead atoms. The number of ether oxygens (including phenoxy) is 1. The van der Waals surface area contributed by atoms with Crippen LogP contribution in [0.4, 0.5) is 13.2 Å². The molecule has 1 atom stereocenters. The molecule has 1 saturated carbocycles. The van der Waals surface area contributed by atoms with Gasteiger partial charge in [0.05, 0.1) is 36.3 Å². The molecule has 1 aliphatic heterocycles. The Morgan fingerprint density at radius 1 is 1.02 bits per heavy atom. The third-order valence-electron chi connectivity index (χ3n) is 7.96. The zero-order valence-corrected chi connectivity index (χ0v) is 28.9. The highest BCUT2D eigenvalue weighted by Crippen LogP contribution is 2.39. The van der Waals surface area contributed by atoms with Crippen molar-refractivity contribution >= 4 is 32.1 Å². The number of alkyl halides is 3. The van der Waals surface area contributed by atoms with Crippen LogP contribution in [-0.2, 0) is 36.8 Å². The zero-order valence-electron chi connectivity index (χ0n) is 27.3. The minimum absolute atomic E-state index is 0.0791. The topological polar surface area (TPSA) is 213 Å². The maximum absolute atomic E-state index is 12.9. The molecule has 276 valence electrons. The van der Waals surface area contributed by atoms with Gasteiger partial charge < -0.3 is 20.5 Å². The van der Waals surface area contributed by atoms with E-state index in [2.05, 4.69) is 20.5 Å². The van der Waals surface area contributed by atoms with E-state index in [9.17, 15) is 44.7 Å². The second-order valence-corrected chi connectivity index (χ2v) is 14.9. The fourth-order valence-electron chi connectivity index (χ4n) is 5.13. The van der Waals surface area contributed by atoms with Gasteiger partial charge in [0.15, 0.2) is 0 Å². The summed E-state index contributed by atoms with van der Waals surface area (Å²) < 4.78 is 97.5. The number of aromatic nitrogens is 1. The molecule has 2 amide bonds. The fourth-order valence-corrected chi connectivity index (χ4v) is 5.13. The first-order valence-electron chi connectivity index (χ1n) is 15.3. The van der Waals surface area contributed by atoms with Gasteiger partial charge in [-0.05, 0) is 70.2 Å². The van der Waals surface area contributed by atoms with Crippen molar-refractivity contribution < 1.29 is 58.5 Å². The van der Waals surface area contributed by atoms with Crippen LogP contribution >= 0.6 is 0 Å². The Bertz CT molecular complexity index is 1570. The summed E-state index contributed by atoms with van der Waals surface area (Å²) in [6, 6.07) is 7.89. The molecule has 0 spiro atoms. The standard InChI is InChI=1S/C26H31F3N4O4.2C2H6O3S/c1-37-23-6-5-19(14-30-23)25(36)10-7-21(8-11-25)33-12-9-20(16-33)32-22(34)15-31-24(35)17-3-2-4-18(13-17)26(27,28)29;2*1-2-6(3,4)5/h2-6,13-14,20-21,36H,7-12,15-16H2,1H3,(H,31,35)(H,32,34);2*2H2,1H3,(H,3,4,5)/t20-,21?,25?;;/m1../s1. The number of carbonyl (C=O) groups excluding carboxylic acids is 2. The molecule has 1 aromatic heterocycles. The van der Waals surface area contributed by atoms with E-state index in [-0.39, 0.29) is 29.7 Å². The molecule has 4 rings (SSSR count). The SMILES string of the molecule is CCS(=O)(=O)O.CCS(=O)(=O)O.COc1ccc(C2(O)CCC(N3CC[C@@H](NC(=O)CNC(=O)c4cccc(C(F)(F)F)c4)C3)CC2)cn1. The quantitative estimate of drug-likeness (QED) is 0.235. The van der Waals surface area contributed by atoms with Gasteiger partial charge in [-0.2, -0.15) is 30.0 Å². The molecule has 0 unspecified atom stereocenters. The second-order valence-electron chi connectivity index (χ2n) is 11.4. The van der Waals surface area contributed by atoms with Crippen LogP contribution in [0.2, 0.25) is 0 Å². The first-order chi connectivity index (χ1) is 22.7. The highest BCUT2D eigenvalue weighted by Gasteiger charge is 2.39. The summed E-state index contributed by atoms with van der Waals surface area (Å²) in [4.78, 5) is 31.1. The normalized spacial score (nSPS) is 21.3. The summed E-state index contributed by atoms with van der Waals surface area (Å²) >= 11 is 0. The summed E-state index contributed by atoms with van der Waals surface area (Å²) in [6.07, 6.45) is 0.725. The first kappa shape index (κ1) is 41.8. The number of hydrogen-bond donors (Lipinski definition) is 5. The maximum atomic E-state index is 12.9. The predicted octanol–water partition coefficient (Wildman–Crippen LogP) is 2.65. The van der Waals surface area contributed by atoms with Gasteiger partial charge in [0, 0.05) is 48.6 Å². The van der Waals surface area contributed by atoms with Crippen molar-refractivity contribution in [2.45, 2.75) is 69.8 Å². The summed E-state index contributed by atoms with van der Waals surface area (Å²) in [5.41, 5.74) is -1.21. The zero-order chi connectivity index (χ0) is 37.0. The number of likely N-dealkylation sites (tertiary alicyclic amines) is 1. The number of nitrogens with zero attached hydrogens (tertiary/aromatic N) is 2. The number of rotatable bonds is 9. The van der Waals surface area contributed by atoms with Gasteiger partial charge in [-0.1, -0.05) is 6.07 Å². The molecular weight excluding hydrogens is 697 g/mol. The summed E-state index contributed by atoms with van der Waals surface area (Å²) in [5, 5.41) is 16.4. The average molecular weight is 741 g/mol. The number of nitrogens with one attached hydrogen (secondary N) is 2. The van der Waals surface area contributed by atoms with E-state index in [1.165, 1.54) is 19.9 Å². The van der Waals surface area contributed by atoms with Crippen LogP contribution in [0.5, 0.6) is 5.88 Å². The molecule has 1 aromatic carbocycles. The van der Waals surface area contributed by atoms with Crippen molar-refractivity contribution in [1.29, 1.82) is 0 Å². The summed E-state index contributed by atoms with van der Waals surface area (Å²) in [5.74, 6) is -1.03. The molecule has 2 aliphatic rings. The molecule has 5 N–H and O–H groups in total. The highest BCUT2D eigenvalue weighted by molar-refractivity contribution is 7.85. The van der Waals surface area contributed by atoms with Crippen LogP contribution in [0.25, 0.3) is 0 Å². The molecule has 14 nitrogen and oxygen atoms in total. The van der Waals surface area contributed by atoms with Gasteiger partial charge >= 0.3 is 6.18 Å². The molecule has 19 heteroatoms. The van der Waals surface area contributed by atoms with Crippen molar-refractivity contribution in [2.75, 3.05) is 38.2 Å². The van der Waals surface area contributed by atoms with Gasteiger partial charge in [-0.15, -0.1) is 0 Å². The Hall–Kier alpha value is -3.36. The largest absolute Gasteiger partial charge is 0.481 e. The van der Waals surface area contributed by atoms with Gasteiger partial charge in [-0.3, -0.25) is 23.6 Å². The van der Waals surface area contributed by atoms with Crippen molar-refractivity contribution in [3.63, 3.8) is 0 Å². The number of amides is 2.